The highest BCUT2D eigenvalue weighted by atomic mass is 127. The highest BCUT2D eigenvalue weighted by Gasteiger charge is 2.16. The lowest BCUT2D eigenvalue weighted by Gasteiger charge is -2.10. The van der Waals surface area contributed by atoms with E-state index in [2.05, 4.69) is 0 Å². The van der Waals surface area contributed by atoms with Crippen molar-refractivity contribution in [3.8, 4) is 11.5 Å². The normalized spacial score (nSPS) is 10.4. The summed E-state index contributed by atoms with van der Waals surface area (Å²) in [6, 6.07) is 2.89. The van der Waals surface area contributed by atoms with Crippen molar-refractivity contribution in [2.45, 2.75) is 6.43 Å². The summed E-state index contributed by atoms with van der Waals surface area (Å²) in [6.07, 6.45) is -2.52. The third-order valence-electron chi connectivity index (χ3n) is 1.73. The molecule has 78 valence electrons. The highest BCUT2D eigenvalue weighted by molar-refractivity contribution is 14.1. The Morgan fingerprint density at radius 3 is 2.29 bits per heavy atom. The van der Waals surface area contributed by atoms with E-state index in [0.29, 0.717) is 15.1 Å². The van der Waals surface area contributed by atoms with Gasteiger partial charge < -0.3 is 9.47 Å². The van der Waals surface area contributed by atoms with Crippen LogP contribution in [0.5, 0.6) is 11.5 Å². The van der Waals surface area contributed by atoms with Gasteiger partial charge in [0, 0.05) is 11.6 Å². The van der Waals surface area contributed by atoms with Crippen molar-refractivity contribution in [1.29, 1.82) is 0 Å². The minimum Gasteiger partial charge on any atom is -0.497 e. The Bertz CT molecular complexity index is 329. The van der Waals surface area contributed by atoms with Gasteiger partial charge in [-0.05, 0) is 28.7 Å². The maximum absolute atomic E-state index is 12.5. The summed E-state index contributed by atoms with van der Waals surface area (Å²) >= 11 is 1.83. The van der Waals surface area contributed by atoms with Gasteiger partial charge in [0.1, 0.15) is 11.5 Å². The van der Waals surface area contributed by atoms with Gasteiger partial charge in [-0.15, -0.1) is 0 Å². The van der Waals surface area contributed by atoms with Crippen LogP contribution >= 0.6 is 22.6 Å². The number of halogens is 3. The summed E-state index contributed by atoms with van der Waals surface area (Å²) in [4.78, 5) is 0. The maximum atomic E-state index is 12.5. The molecule has 1 aromatic rings. The molecule has 0 aliphatic rings. The molecule has 1 rings (SSSR count). The van der Waals surface area contributed by atoms with Crippen LogP contribution in [0.2, 0.25) is 0 Å². The van der Waals surface area contributed by atoms with Crippen LogP contribution < -0.4 is 9.47 Å². The first-order valence-electron chi connectivity index (χ1n) is 3.79. The molecular formula is C9H9F2IO2. The topological polar surface area (TPSA) is 18.5 Å². The van der Waals surface area contributed by atoms with Gasteiger partial charge in [-0.25, -0.2) is 8.78 Å². The number of methoxy groups -OCH3 is 2. The van der Waals surface area contributed by atoms with Crippen molar-refractivity contribution in [2.24, 2.45) is 0 Å². The fourth-order valence-corrected chi connectivity index (χ4v) is 1.79. The van der Waals surface area contributed by atoms with Gasteiger partial charge in [0.2, 0.25) is 0 Å². The molecule has 0 saturated heterocycles. The van der Waals surface area contributed by atoms with Crippen molar-refractivity contribution in [1.82, 2.24) is 0 Å². The second-order valence-electron chi connectivity index (χ2n) is 2.53. The van der Waals surface area contributed by atoms with E-state index in [1.807, 2.05) is 22.6 Å². The predicted molar refractivity (Wildman–Crippen MR) is 57.2 cm³/mol. The van der Waals surface area contributed by atoms with Crippen molar-refractivity contribution in [3.05, 3.63) is 21.3 Å². The molecule has 0 aromatic heterocycles. The first-order chi connectivity index (χ1) is 6.60. The summed E-state index contributed by atoms with van der Waals surface area (Å²) in [7, 11) is 2.86. The Kier molecular flexibility index (Phi) is 3.91. The van der Waals surface area contributed by atoms with Crippen LogP contribution in [0.25, 0.3) is 0 Å². The zero-order chi connectivity index (χ0) is 10.7. The van der Waals surface area contributed by atoms with Gasteiger partial charge >= 0.3 is 0 Å². The Balaban J connectivity index is 3.27. The minimum absolute atomic E-state index is 0.0678. The number of benzene rings is 1. The van der Waals surface area contributed by atoms with Gasteiger partial charge in [-0.2, -0.15) is 0 Å². The van der Waals surface area contributed by atoms with Crippen molar-refractivity contribution in [2.75, 3.05) is 14.2 Å². The van der Waals surface area contributed by atoms with Crippen LogP contribution in [0, 0.1) is 3.57 Å². The molecule has 0 bridgehead atoms. The highest BCUT2D eigenvalue weighted by Crippen LogP contribution is 2.35. The lowest BCUT2D eigenvalue weighted by molar-refractivity contribution is 0.149. The summed E-state index contributed by atoms with van der Waals surface area (Å²) in [6.45, 7) is 0. The van der Waals surface area contributed by atoms with Crippen LogP contribution in [-0.2, 0) is 0 Å². The van der Waals surface area contributed by atoms with Gasteiger partial charge in [0.15, 0.2) is 0 Å². The number of alkyl halides is 2. The molecule has 0 saturated carbocycles. The molecule has 0 fully saturated rings. The largest absolute Gasteiger partial charge is 0.497 e. The number of hydrogen-bond donors (Lipinski definition) is 0. The monoisotopic (exact) mass is 314 g/mol. The number of ether oxygens (including phenoxy) is 2. The van der Waals surface area contributed by atoms with Crippen LogP contribution in [0.4, 0.5) is 8.78 Å². The Morgan fingerprint density at radius 1 is 1.21 bits per heavy atom. The molecule has 14 heavy (non-hydrogen) atoms. The molecule has 0 unspecified atom stereocenters. The van der Waals surface area contributed by atoms with E-state index in [1.54, 1.807) is 6.07 Å². The molecule has 0 N–H and O–H groups in total. The predicted octanol–water partition coefficient (Wildman–Crippen LogP) is 3.25. The van der Waals surface area contributed by atoms with E-state index in [1.165, 1.54) is 20.3 Å². The second kappa shape index (κ2) is 4.77. The smallest absolute Gasteiger partial charge is 0.265 e. The first-order valence-corrected chi connectivity index (χ1v) is 4.87. The van der Waals surface area contributed by atoms with Gasteiger partial charge in [0.05, 0.1) is 17.8 Å². The Labute approximate surface area is 94.3 Å². The fraction of sp³-hybridized carbons (Fsp3) is 0.333. The van der Waals surface area contributed by atoms with Crippen molar-refractivity contribution < 1.29 is 18.3 Å². The molecule has 0 aliphatic heterocycles. The molecule has 0 amide bonds. The van der Waals surface area contributed by atoms with Gasteiger partial charge in [-0.3, -0.25) is 0 Å². The van der Waals surface area contributed by atoms with Crippen molar-refractivity contribution >= 4 is 22.6 Å². The van der Waals surface area contributed by atoms with E-state index in [0.717, 1.165) is 0 Å². The van der Waals surface area contributed by atoms with Gasteiger partial charge in [0.25, 0.3) is 6.43 Å². The van der Waals surface area contributed by atoms with E-state index < -0.39 is 6.43 Å². The van der Waals surface area contributed by atoms with E-state index in [-0.39, 0.29) is 5.56 Å². The fourth-order valence-electron chi connectivity index (χ4n) is 1.02. The standard InChI is InChI=1S/C9H9F2IO2/c1-13-5-3-6(9(10)11)8(12)7(4-5)14-2/h3-4,9H,1-2H3. The molecule has 5 heteroatoms. The summed E-state index contributed by atoms with van der Waals surface area (Å²) in [5, 5.41) is 0. The lowest BCUT2D eigenvalue weighted by Crippen LogP contribution is -1.96. The second-order valence-corrected chi connectivity index (χ2v) is 3.61. The van der Waals surface area contributed by atoms with Crippen LogP contribution in [0.1, 0.15) is 12.0 Å². The molecule has 0 heterocycles. The lowest BCUT2D eigenvalue weighted by atomic mass is 10.2. The molecule has 2 nitrogen and oxygen atoms in total. The van der Waals surface area contributed by atoms with E-state index in [9.17, 15) is 8.78 Å². The average Bonchev–Trinajstić information content (AvgIpc) is 2.17. The zero-order valence-corrected chi connectivity index (χ0v) is 9.84. The molecule has 0 aliphatic carbocycles. The van der Waals surface area contributed by atoms with Gasteiger partial charge in [-0.1, -0.05) is 0 Å². The Morgan fingerprint density at radius 2 is 1.86 bits per heavy atom. The third-order valence-corrected chi connectivity index (χ3v) is 2.89. The van der Waals surface area contributed by atoms with Crippen LogP contribution in [0.3, 0.4) is 0 Å². The quantitative estimate of drug-likeness (QED) is 0.798. The molecule has 0 radical (unpaired) electrons. The maximum Gasteiger partial charge on any atom is 0.265 e. The number of rotatable bonds is 3. The average molecular weight is 314 g/mol. The minimum atomic E-state index is -2.52. The first kappa shape index (κ1) is 11.5. The number of hydrogen-bond acceptors (Lipinski definition) is 2. The molecular weight excluding hydrogens is 305 g/mol. The zero-order valence-electron chi connectivity index (χ0n) is 7.68. The third kappa shape index (κ3) is 2.26. The summed E-state index contributed by atoms with van der Waals surface area (Å²) in [5.41, 5.74) is -0.0678. The van der Waals surface area contributed by atoms with Crippen LogP contribution in [-0.4, -0.2) is 14.2 Å². The van der Waals surface area contributed by atoms with Crippen molar-refractivity contribution in [3.63, 3.8) is 0 Å². The molecule has 1 aromatic carbocycles. The SMILES string of the molecule is COc1cc(OC)c(I)c(C(F)F)c1. The summed E-state index contributed by atoms with van der Waals surface area (Å²) < 4.78 is 35.4. The Hall–Kier alpha value is -0.590. The molecule has 0 spiro atoms. The molecule has 0 atom stereocenters. The van der Waals surface area contributed by atoms with E-state index >= 15 is 0 Å². The van der Waals surface area contributed by atoms with E-state index in [4.69, 9.17) is 9.47 Å². The summed E-state index contributed by atoms with van der Waals surface area (Å²) in [5.74, 6) is 0.776. The van der Waals surface area contributed by atoms with Crippen LogP contribution in [0.15, 0.2) is 12.1 Å².